The third-order valence-corrected chi connectivity index (χ3v) is 3.81. The van der Waals surface area contributed by atoms with Crippen molar-refractivity contribution >= 4 is 5.91 Å². The van der Waals surface area contributed by atoms with Crippen LogP contribution in [0.1, 0.15) is 56.3 Å². The van der Waals surface area contributed by atoms with Gasteiger partial charge in [-0.3, -0.25) is 4.79 Å². The summed E-state index contributed by atoms with van der Waals surface area (Å²) in [6, 6.07) is 4.82. The van der Waals surface area contributed by atoms with Gasteiger partial charge in [-0.25, -0.2) is 8.78 Å². The zero-order valence-corrected chi connectivity index (χ0v) is 15.4. The van der Waals surface area contributed by atoms with Crippen molar-refractivity contribution in [3.8, 4) is 11.5 Å². The Morgan fingerprint density at radius 2 is 1.88 bits per heavy atom. The first-order valence-electron chi connectivity index (χ1n) is 8.91. The van der Waals surface area contributed by atoms with E-state index in [-0.39, 0.29) is 0 Å². The number of carbonyl (C=O) groups is 1. The monoisotopic (exact) mass is 357 g/mol. The molecule has 1 aromatic rings. The first kappa shape index (κ1) is 21.2. The molecule has 25 heavy (non-hydrogen) atoms. The van der Waals surface area contributed by atoms with Crippen molar-refractivity contribution in [2.75, 3.05) is 26.8 Å². The second kappa shape index (κ2) is 11.7. The summed E-state index contributed by atoms with van der Waals surface area (Å²) >= 11 is 0. The summed E-state index contributed by atoms with van der Waals surface area (Å²) in [7, 11) is 1.50. The fourth-order valence-electron chi connectivity index (χ4n) is 2.53. The molecule has 0 aliphatic carbocycles. The van der Waals surface area contributed by atoms with Crippen LogP contribution in [0.15, 0.2) is 18.2 Å². The van der Waals surface area contributed by atoms with Crippen LogP contribution in [0.2, 0.25) is 0 Å². The number of carbonyl (C=O) groups excluding carboxylic acids is 1. The minimum Gasteiger partial charge on any atom is -0.493 e. The Kier molecular flexibility index (Phi) is 9.88. The molecule has 0 N–H and O–H groups in total. The molecule has 0 aromatic heterocycles. The number of benzene rings is 1. The number of hydrogen-bond acceptors (Lipinski definition) is 3. The fraction of sp³-hybridized carbons (Fsp3) is 0.632. The summed E-state index contributed by atoms with van der Waals surface area (Å²) < 4.78 is 36.4. The summed E-state index contributed by atoms with van der Waals surface area (Å²) in [6.45, 7) is 4.31. The van der Waals surface area contributed by atoms with E-state index >= 15 is 0 Å². The van der Waals surface area contributed by atoms with Crippen molar-refractivity contribution in [2.45, 2.75) is 52.4 Å². The van der Waals surface area contributed by atoms with Gasteiger partial charge in [0.2, 0.25) is 0 Å². The van der Waals surface area contributed by atoms with Crippen molar-refractivity contribution in [2.24, 2.45) is 0 Å². The molecular formula is C19H29F2NO3. The van der Waals surface area contributed by atoms with Gasteiger partial charge in [-0.05, 0) is 31.0 Å². The second-order valence-corrected chi connectivity index (χ2v) is 5.92. The molecular weight excluding hydrogens is 328 g/mol. The van der Waals surface area contributed by atoms with Gasteiger partial charge in [-0.15, -0.1) is 0 Å². The highest BCUT2D eigenvalue weighted by Crippen LogP contribution is 2.29. The number of unbranched alkanes of at least 4 members (excludes halogenated alkanes) is 3. The molecule has 0 unspecified atom stereocenters. The lowest BCUT2D eigenvalue weighted by atomic mass is 10.1. The van der Waals surface area contributed by atoms with Crippen LogP contribution in [0.25, 0.3) is 0 Å². The normalized spacial score (nSPS) is 10.8. The lowest BCUT2D eigenvalue weighted by Gasteiger charge is -2.22. The van der Waals surface area contributed by atoms with Crippen molar-refractivity contribution in [3.05, 3.63) is 23.8 Å². The maximum absolute atomic E-state index is 12.7. The highest BCUT2D eigenvalue weighted by molar-refractivity contribution is 5.95. The van der Waals surface area contributed by atoms with Gasteiger partial charge in [0.25, 0.3) is 12.3 Å². The Balaban J connectivity index is 2.79. The molecule has 1 amide bonds. The third-order valence-electron chi connectivity index (χ3n) is 3.81. The maximum atomic E-state index is 12.7. The topological polar surface area (TPSA) is 38.8 Å². The maximum Gasteiger partial charge on any atom is 0.255 e. The van der Waals surface area contributed by atoms with Gasteiger partial charge >= 0.3 is 0 Å². The predicted octanol–water partition coefficient (Wildman–Crippen LogP) is 4.77. The van der Waals surface area contributed by atoms with Crippen molar-refractivity contribution in [1.29, 1.82) is 0 Å². The molecule has 1 aromatic carbocycles. The van der Waals surface area contributed by atoms with Gasteiger partial charge in [0.05, 0.1) is 20.3 Å². The number of hydrogen-bond donors (Lipinski definition) is 0. The zero-order valence-electron chi connectivity index (χ0n) is 15.4. The number of rotatable bonds is 12. The number of alkyl halides is 2. The molecule has 6 heteroatoms. The molecule has 142 valence electrons. The van der Waals surface area contributed by atoms with Crippen LogP contribution in [0.4, 0.5) is 8.78 Å². The van der Waals surface area contributed by atoms with Gasteiger partial charge < -0.3 is 14.4 Å². The number of ether oxygens (including phenoxy) is 2. The zero-order chi connectivity index (χ0) is 18.7. The molecule has 0 bridgehead atoms. The molecule has 1 rings (SSSR count). The second-order valence-electron chi connectivity index (χ2n) is 5.92. The van der Waals surface area contributed by atoms with E-state index in [4.69, 9.17) is 9.47 Å². The van der Waals surface area contributed by atoms with Gasteiger partial charge in [-0.2, -0.15) is 0 Å². The Morgan fingerprint density at radius 1 is 1.12 bits per heavy atom. The largest absolute Gasteiger partial charge is 0.493 e. The minimum atomic E-state index is -2.55. The van der Waals surface area contributed by atoms with Crippen LogP contribution in [0.5, 0.6) is 11.5 Å². The van der Waals surface area contributed by atoms with E-state index in [1.165, 1.54) is 18.4 Å². The van der Waals surface area contributed by atoms with E-state index in [0.717, 1.165) is 19.3 Å². The highest BCUT2D eigenvalue weighted by Gasteiger charge is 2.20. The SMILES string of the molecule is CCCCCCOc1ccc(C(=O)N(CCC)CC(F)F)cc1OC. The molecule has 0 spiro atoms. The van der Waals surface area contributed by atoms with E-state index < -0.39 is 18.9 Å². The molecule has 0 saturated carbocycles. The van der Waals surface area contributed by atoms with Crippen LogP contribution < -0.4 is 9.47 Å². The summed E-state index contributed by atoms with van der Waals surface area (Å²) in [6.07, 6.45) is 2.46. The van der Waals surface area contributed by atoms with Crippen LogP contribution in [-0.4, -0.2) is 44.0 Å². The Bertz CT molecular complexity index is 523. The van der Waals surface area contributed by atoms with E-state index in [2.05, 4.69) is 6.92 Å². The first-order chi connectivity index (χ1) is 12.0. The Labute approximate surface area is 149 Å². The van der Waals surface area contributed by atoms with E-state index in [1.807, 2.05) is 6.92 Å². The van der Waals surface area contributed by atoms with Crippen LogP contribution in [0, 0.1) is 0 Å². The molecule has 0 aliphatic rings. The summed E-state index contributed by atoms with van der Waals surface area (Å²) in [5.74, 6) is 0.580. The molecule has 0 heterocycles. The quantitative estimate of drug-likeness (QED) is 0.506. The summed E-state index contributed by atoms with van der Waals surface area (Å²) in [5.41, 5.74) is 0.323. The molecule has 0 atom stereocenters. The molecule has 0 saturated heterocycles. The highest BCUT2D eigenvalue weighted by atomic mass is 19.3. The smallest absolute Gasteiger partial charge is 0.255 e. The average molecular weight is 357 g/mol. The lowest BCUT2D eigenvalue weighted by molar-refractivity contribution is 0.0555. The predicted molar refractivity (Wildman–Crippen MR) is 94.8 cm³/mol. The molecule has 0 radical (unpaired) electrons. The number of halogens is 2. The first-order valence-corrected chi connectivity index (χ1v) is 8.91. The van der Waals surface area contributed by atoms with Gasteiger partial charge in [0.1, 0.15) is 0 Å². The standard InChI is InChI=1S/C19H29F2NO3/c1-4-6-7-8-12-25-16-10-9-15(13-17(16)24-3)19(23)22(11-5-2)14-18(20)21/h9-10,13,18H,4-8,11-12,14H2,1-3H3. The van der Waals surface area contributed by atoms with E-state index in [9.17, 15) is 13.6 Å². The van der Waals surface area contributed by atoms with Crippen molar-refractivity contribution in [1.82, 2.24) is 4.90 Å². The molecule has 4 nitrogen and oxygen atoms in total. The minimum absolute atomic E-state index is 0.293. The number of methoxy groups -OCH3 is 1. The number of amides is 1. The Hall–Kier alpha value is -1.85. The van der Waals surface area contributed by atoms with Crippen molar-refractivity contribution in [3.63, 3.8) is 0 Å². The van der Waals surface area contributed by atoms with Crippen LogP contribution in [-0.2, 0) is 0 Å². The Morgan fingerprint density at radius 3 is 2.48 bits per heavy atom. The number of nitrogens with zero attached hydrogens (tertiary/aromatic N) is 1. The van der Waals surface area contributed by atoms with Crippen LogP contribution >= 0.6 is 0 Å². The van der Waals surface area contributed by atoms with E-state index in [1.54, 1.807) is 18.2 Å². The van der Waals surface area contributed by atoms with Crippen molar-refractivity contribution < 1.29 is 23.0 Å². The van der Waals surface area contributed by atoms with Gasteiger partial charge in [-0.1, -0.05) is 33.1 Å². The molecule has 0 fully saturated rings. The van der Waals surface area contributed by atoms with E-state index in [0.29, 0.717) is 36.6 Å². The third kappa shape index (κ3) is 7.28. The summed E-state index contributed by atoms with van der Waals surface area (Å²) in [4.78, 5) is 13.6. The lowest BCUT2D eigenvalue weighted by Crippen LogP contribution is -2.35. The summed E-state index contributed by atoms with van der Waals surface area (Å²) in [5, 5.41) is 0. The van der Waals surface area contributed by atoms with Gasteiger partial charge in [0, 0.05) is 12.1 Å². The van der Waals surface area contributed by atoms with Crippen LogP contribution in [0.3, 0.4) is 0 Å². The fourth-order valence-corrected chi connectivity index (χ4v) is 2.53. The average Bonchev–Trinajstić information content (AvgIpc) is 2.60. The van der Waals surface area contributed by atoms with Gasteiger partial charge in [0.15, 0.2) is 11.5 Å². The molecule has 0 aliphatic heterocycles.